The highest BCUT2D eigenvalue weighted by Gasteiger charge is 2.23. The lowest BCUT2D eigenvalue weighted by molar-refractivity contribution is 0.102. The van der Waals surface area contributed by atoms with Gasteiger partial charge in [0, 0.05) is 24.4 Å². The number of nitrogens with zero attached hydrogens (tertiary/aromatic N) is 3. The van der Waals surface area contributed by atoms with E-state index in [1.165, 1.54) is 16.9 Å². The molecule has 0 saturated heterocycles. The van der Waals surface area contributed by atoms with Gasteiger partial charge in [0.15, 0.2) is 0 Å². The number of nitrogens with two attached hydrogens (primary N) is 1. The van der Waals surface area contributed by atoms with Crippen molar-refractivity contribution in [3.05, 3.63) is 27.3 Å². The molecule has 114 valence electrons. The van der Waals surface area contributed by atoms with Crippen LogP contribution in [0.15, 0.2) is 5.38 Å². The number of fused-ring (bicyclic) bond motifs is 1. The molecule has 2 aromatic rings. The van der Waals surface area contributed by atoms with Crippen LogP contribution in [0, 0.1) is 0 Å². The van der Waals surface area contributed by atoms with Gasteiger partial charge >= 0.3 is 0 Å². The number of aromatic nitrogens is 3. The van der Waals surface area contributed by atoms with E-state index in [0.717, 1.165) is 35.8 Å². The first-order chi connectivity index (χ1) is 9.69. The number of anilines is 1. The smallest absolute Gasteiger partial charge is 0.276 e. The molecule has 1 aliphatic carbocycles. The molecule has 0 bridgehead atoms. The number of hydrogen-bond donors (Lipinski definition) is 2. The summed E-state index contributed by atoms with van der Waals surface area (Å²) in [5, 5.41) is 10.0. The van der Waals surface area contributed by atoms with Gasteiger partial charge in [0.2, 0.25) is 0 Å². The van der Waals surface area contributed by atoms with Crippen molar-refractivity contribution < 1.29 is 4.79 Å². The third-order valence-corrected chi connectivity index (χ3v) is 4.35. The summed E-state index contributed by atoms with van der Waals surface area (Å²) in [5.74, 6) is 0.623. The highest BCUT2D eigenvalue weighted by Crippen LogP contribution is 2.28. The van der Waals surface area contributed by atoms with Crippen LogP contribution in [0.25, 0.3) is 0 Å². The third kappa shape index (κ3) is 3.09. The monoisotopic (exact) mass is 327 g/mol. The predicted molar refractivity (Wildman–Crippen MR) is 85.3 cm³/mol. The number of halogens is 1. The Bertz CT molecular complexity index is 651. The Labute approximate surface area is 133 Å². The van der Waals surface area contributed by atoms with E-state index in [1.54, 1.807) is 10.1 Å². The molecular weight excluding hydrogens is 310 g/mol. The van der Waals surface area contributed by atoms with Crippen molar-refractivity contribution >= 4 is 35.5 Å². The molecule has 1 amide bonds. The molecule has 0 unspecified atom stereocenters. The van der Waals surface area contributed by atoms with Crippen LogP contribution in [0.1, 0.15) is 33.2 Å². The molecule has 1 aliphatic rings. The number of rotatable bonds is 4. The van der Waals surface area contributed by atoms with E-state index >= 15 is 0 Å². The quantitative estimate of drug-likeness (QED) is 0.892. The van der Waals surface area contributed by atoms with E-state index in [-0.39, 0.29) is 18.3 Å². The van der Waals surface area contributed by atoms with Crippen molar-refractivity contribution in [3.63, 3.8) is 0 Å². The van der Waals surface area contributed by atoms with Crippen LogP contribution in [0.4, 0.5) is 5.82 Å². The van der Waals surface area contributed by atoms with Crippen molar-refractivity contribution in [2.45, 2.75) is 25.7 Å². The highest BCUT2D eigenvalue weighted by atomic mass is 35.5. The minimum absolute atomic E-state index is 0. The van der Waals surface area contributed by atoms with Gasteiger partial charge in [-0.05, 0) is 25.8 Å². The summed E-state index contributed by atoms with van der Waals surface area (Å²) >= 11 is 1.47. The van der Waals surface area contributed by atoms with Gasteiger partial charge in [-0.25, -0.2) is 4.98 Å². The molecule has 2 heterocycles. The molecule has 3 rings (SSSR count). The molecule has 8 heteroatoms. The Morgan fingerprint density at radius 2 is 2.33 bits per heavy atom. The van der Waals surface area contributed by atoms with Crippen LogP contribution in [0.3, 0.4) is 0 Å². The van der Waals surface area contributed by atoms with Gasteiger partial charge in [-0.2, -0.15) is 5.10 Å². The first-order valence-corrected chi connectivity index (χ1v) is 7.57. The topological polar surface area (TPSA) is 85.8 Å². The fourth-order valence-electron chi connectivity index (χ4n) is 2.50. The van der Waals surface area contributed by atoms with E-state index in [9.17, 15) is 4.79 Å². The summed E-state index contributed by atoms with van der Waals surface area (Å²) in [6, 6.07) is 0. The largest absolute Gasteiger partial charge is 0.330 e. The van der Waals surface area contributed by atoms with E-state index in [0.29, 0.717) is 18.7 Å². The number of amides is 1. The average Bonchev–Trinajstić information content (AvgIpc) is 3.09. The second kappa shape index (κ2) is 6.55. The molecule has 0 fully saturated rings. The second-order valence-corrected chi connectivity index (χ2v) is 5.81. The number of hydrogen-bond acceptors (Lipinski definition) is 5. The van der Waals surface area contributed by atoms with Crippen LogP contribution in [0.2, 0.25) is 0 Å². The molecule has 0 radical (unpaired) electrons. The third-order valence-electron chi connectivity index (χ3n) is 3.44. The number of carbonyl (C=O) groups excluding carboxylic acids is 1. The molecule has 0 aromatic carbocycles. The normalized spacial score (nSPS) is 12.9. The second-order valence-electron chi connectivity index (χ2n) is 4.87. The van der Waals surface area contributed by atoms with E-state index in [2.05, 4.69) is 15.4 Å². The van der Waals surface area contributed by atoms with Crippen molar-refractivity contribution in [2.24, 2.45) is 12.8 Å². The van der Waals surface area contributed by atoms with E-state index in [4.69, 9.17) is 5.73 Å². The number of carbonyl (C=O) groups is 1. The molecule has 0 aliphatic heterocycles. The zero-order chi connectivity index (χ0) is 14.1. The van der Waals surface area contributed by atoms with Crippen molar-refractivity contribution in [2.75, 3.05) is 11.9 Å². The van der Waals surface area contributed by atoms with Gasteiger partial charge in [-0.15, -0.1) is 23.7 Å². The van der Waals surface area contributed by atoms with E-state index < -0.39 is 0 Å². The SMILES string of the molecule is Cl.Cn1nc2c(c1NC(=O)c1csc(CCN)n1)CCC2. The summed E-state index contributed by atoms with van der Waals surface area (Å²) in [5.41, 5.74) is 8.21. The Morgan fingerprint density at radius 3 is 3.10 bits per heavy atom. The van der Waals surface area contributed by atoms with Gasteiger partial charge in [-0.1, -0.05) is 0 Å². The van der Waals surface area contributed by atoms with Crippen molar-refractivity contribution in [1.82, 2.24) is 14.8 Å². The summed E-state index contributed by atoms with van der Waals surface area (Å²) in [6.45, 7) is 0.545. The maximum absolute atomic E-state index is 12.2. The molecule has 0 spiro atoms. The lowest BCUT2D eigenvalue weighted by Gasteiger charge is -2.05. The summed E-state index contributed by atoms with van der Waals surface area (Å²) in [4.78, 5) is 16.5. The van der Waals surface area contributed by atoms with Crippen LogP contribution in [0.5, 0.6) is 0 Å². The Hall–Kier alpha value is -1.44. The average molecular weight is 328 g/mol. The summed E-state index contributed by atoms with van der Waals surface area (Å²) in [6.07, 6.45) is 3.79. The fourth-order valence-corrected chi connectivity index (χ4v) is 3.30. The molecule has 2 aromatic heterocycles. The molecule has 0 atom stereocenters. The minimum Gasteiger partial charge on any atom is -0.330 e. The Morgan fingerprint density at radius 1 is 1.52 bits per heavy atom. The molecule has 3 N–H and O–H groups in total. The zero-order valence-corrected chi connectivity index (χ0v) is 13.4. The highest BCUT2D eigenvalue weighted by molar-refractivity contribution is 7.09. The summed E-state index contributed by atoms with van der Waals surface area (Å²) < 4.78 is 1.74. The van der Waals surface area contributed by atoms with Gasteiger partial charge in [0.25, 0.3) is 5.91 Å². The Kier molecular flexibility index (Phi) is 4.97. The first-order valence-electron chi connectivity index (χ1n) is 6.69. The van der Waals surface area contributed by atoms with Gasteiger partial charge in [0.1, 0.15) is 11.5 Å². The van der Waals surface area contributed by atoms with Crippen LogP contribution < -0.4 is 11.1 Å². The van der Waals surface area contributed by atoms with Gasteiger partial charge in [0.05, 0.1) is 10.7 Å². The zero-order valence-electron chi connectivity index (χ0n) is 11.8. The summed E-state index contributed by atoms with van der Waals surface area (Å²) in [7, 11) is 1.86. The lowest BCUT2D eigenvalue weighted by atomic mass is 10.2. The standard InChI is InChI=1S/C13H17N5OS.ClH/c1-18-12(8-3-2-4-9(8)17-18)16-13(19)10-7-20-11(15-10)5-6-14;/h7H,2-6,14H2,1H3,(H,16,19);1H. The maximum atomic E-state index is 12.2. The van der Waals surface area contributed by atoms with Gasteiger partial charge in [-0.3, -0.25) is 9.48 Å². The van der Waals surface area contributed by atoms with Crippen molar-refractivity contribution in [1.29, 1.82) is 0 Å². The number of thiazole rings is 1. The molecule has 21 heavy (non-hydrogen) atoms. The fraction of sp³-hybridized carbons (Fsp3) is 0.462. The van der Waals surface area contributed by atoms with E-state index in [1.807, 2.05) is 7.05 Å². The number of aryl methyl sites for hydroxylation is 2. The molecule has 0 saturated carbocycles. The lowest BCUT2D eigenvalue weighted by Crippen LogP contribution is -2.16. The number of nitrogens with one attached hydrogen (secondary N) is 1. The predicted octanol–water partition coefficient (Wildman–Crippen LogP) is 1.54. The minimum atomic E-state index is -0.178. The van der Waals surface area contributed by atoms with Crippen LogP contribution >= 0.6 is 23.7 Å². The molecule has 6 nitrogen and oxygen atoms in total. The van der Waals surface area contributed by atoms with Crippen LogP contribution in [-0.2, 0) is 26.3 Å². The van der Waals surface area contributed by atoms with Gasteiger partial charge < -0.3 is 11.1 Å². The maximum Gasteiger partial charge on any atom is 0.276 e. The first kappa shape index (κ1) is 15.9. The van der Waals surface area contributed by atoms with Crippen molar-refractivity contribution in [3.8, 4) is 0 Å². The Balaban J connectivity index is 0.00000161. The van der Waals surface area contributed by atoms with Crippen LogP contribution in [-0.4, -0.2) is 27.2 Å². The molecular formula is C13H18ClN5OS.